The van der Waals surface area contributed by atoms with Crippen molar-refractivity contribution in [1.82, 2.24) is 9.97 Å². The molecule has 100 valence electrons. The van der Waals surface area contributed by atoms with Crippen molar-refractivity contribution >= 4 is 34.2 Å². The molecule has 0 aliphatic carbocycles. The van der Waals surface area contributed by atoms with Crippen LogP contribution in [0.2, 0.25) is 5.15 Å². The molecule has 0 bridgehead atoms. The maximum absolute atomic E-state index is 13.3. The molecule has 0 fully saturated rings. The van der Waals surface area contributed by atoms with Gasteiger partial charge in [-0.3, -0.25) is 0 Å². The molecule has 19 heavy (non-hydrogen) atoms. The van der Waals surface area contributed by atoms with Crippen molar-refractivity contribution in [2.45, 2.75) is 20.3 Å². The molecule has 0 unspecified atom stereocenters. The lowest BCUT2D eigenvalue weighted by atomic mass is 10.1. The lowest BCUT2D eigenvalue weighted by Gasteiger charge is -2.10. The minimum absolute atomic E-state index is 0.304. The highest BCUT2D eigenvalue weighted by atomic mass is 127. The van der Waals surface area contributed by atoms with E-state index in [0.717, 1.165) is 15.7 Å². The van der Waals surface area contributed by atoms with Crippen molar-refractivity contribution in [1.29, 1.82) is 0 Å². The zero-order chi connectivity index (χ0) is 14.0. The van der Waals surface area contributed by atoms with Crippen molar-refractivity contribution in [3.05, 3.63) is 44.5 Å². The third kappa shape index (κ3) is 3.63. The number of hydrogen-bond acceptors (Lipinski definition) is 2. The van der Waals surface area contributed by atoms with Gasteiger partial charge in [-0.05, 0) is 47.1 Å². The Hall–Kier alpha value is -0.750. The van der Waals surface area contributed by atoms with Crippen molar-refractivity contribution < 1.29 is 4.39 Å². The lowest BCUT2D eigenvalue weighted by Crippen LogP contribution is -2.04. The monoisotopic (exact) mass is 390 g/mol. The van der Waals surface area contributed by atoms with Crippen LogP contribution in [0.4, 0.5) is 4.39 Å². The van der Waals surface area contributed by atoms with Crippen LogP contribution in [0.5, 0.6) is 0 Å². The average Bonchev–Trinajstić information content (AvgIpc) is 2.34. The minimum Gasteiger partial charge on any atom is -0.232 e. The highest BCUT2D eigenvalue weighted by Crippen LogP contribution is 2.25. The van der Waals surface area contributed by atoms with Crippen molar-refractivity contribution in [3.63, 3.8) is 0 Å². The van der Waals surface area contributed by atoms with Crippen molar-refractivity contribution in [3.8, 4) is 11.4 Å². The quantitative estimate of drug-likeness (QED) is 0.559. The molecular formula is C14H13ClFIN2. The number of rotatable bonds is 3. The van der Waals surface area contributed by atoms with Crippen molar-refractivity contribution in [2.75, 3.05) is 0 Å². The lowest BCUT2D eigenvalue weighted by molar-refractivity contribution is 0.627. The Morgan fingerprint density at radius 1 is 1.32 bits per heavy atom. The van der Waals surface area contributed by atoms with Gasteiger partial charge in [-0.15, -0.1) is 0 Å². The van der Waals surface area contributed by atoms with Crippen LogP contribution in [0, 0.1) is 15.3 Å². The largest absolute Gasteiger partial charge is 0.232 e. The second kappa shape index (κ2) is 6.13. The summed E-state index contributed by atoms with van der Waals surface area (Å²) >= 11 is 8.29. The topological polar surface area (TPSA) is 25.8 Å². The first-order valence-corrected chi connectivity index (χ1v) is 7.41. The minimum atomic E-state index is -0.304. The molecule has 0 aliphatic heterocycles. The fourth-order valence-corrected chi connectivity index (χ4v) is 2.39. The second-order valence-corrected chi connectivity index (χ2v) is 6.14. The van der Waals surface area contributed by atoms with Gasteiger partial charge in [-0.25, -0.2) is 14.4 Å². The standard InChI is InChI=1S/C14H13ClFIN2/c1-8(2)6-11-12(17)13(15)19-14(18-11)9-4-3-5-10(16)7-9/h3-5,7-8H,6H2,1-2H3. The SMILES string of the molecule is CC(C)Cc1nc(-c2cccc(F)c2)nc(Cl)c1I. The molecule has 5 heteroatoms. The van der Waals surface area contributed by atoms with E-state index in [2.05, 4.69) is 46.4 Å². The predicted molar refractivity (Wildman–Crippen MR) is 83.7 cm³/mol. The Labute approximate surface area is 130 Å². The van der Waals surface area contributed by atoms with Crippen LogP contribution in [0.25, 0.3) is 11.4 Å². The van der Waals surface area contributed by atoms with Crippen LogP contribution in [0.15, 0.2) is 24.3 Å². The van der Waals surface area contributed by atoms with Gasteiger partial charge in [0.15, 0.2) is 5.82 Å². The van der Waals surface area contributed by atoms with Gasteiger partial charge in [-0.1, -0.05) is 37.6 Å². The Morgan fingerprint density at radius 3 is 2.68 bits per heavy atom. The molecule has 0 atom stereocenters. The maximum Gasteiger partial charge on any atom is 0.161 e. The third-order valence-electron chi connectivity index (χ3n) is 2.56. The van der Waals surface area contributed by atoms with Crippen LogP contribution in [-0.2, 0) is 6.42 Å². The van der Waals surface area contributed by atoms with Gasteiger partial charge < -0.3 is 0 Å². The van der Waals surface area contributed by atoms with E-state index < -0.39 is 0 Å². The molecule has 2 rings (SSSR count). The molecule has 2 aromatic rings. The summed E-state index contributed by atoms with van der Waals surface area (Å²) in [7, 11) is 0. The highest BCUT2D eigenvalue weighted by Gasteiger charge is 2.13. The Morgan fingerprint density at radius 2 is 2.05 bits per heavy atom. The van der Waals surface area contributed by atoms with Gasteiger partial charge in [0.25, 0.3) is 0 Å². The van der Waals surface area contributed by atoms with E-state index >= 15 is 0 Å². The summed E-state index contributed by atoms with van der Waals surface area (Å²) in [6.07, 6.45) is 0.822. The molecular weight excluding hydrogens is 378 g/mol. The van der Waals surface area contributed by atoms with E-state index in [4.69, 9.17) is 11.6 Å². The predicted octanol–water partition coefficient (Wildman–Crippen LogP) is 4.74. The number of halogens is 3. The van der Waals surface area contributed by atoms with Crippen LogP contribution < -0.4 is 0 Å². The first kappa shape index (κ1) is 14.7. The first-order chi connectivity index (χ1) is 8.97. The number of aromatic nitrogens is 2. The molecule has 2 nitrogen and oxygen atoms in total. The number of nitrogens with zero attached hydrogens (tertiary/aromatic N) is 2. The van der Waals surface area contributed by atoms with E-state index in [1.54, 1.807) is 12.1 Å². The van der Waals surface area contributed by atoms with Crippen molar-refractivity contribution in [2.24, 2.45) is 5.92 Å². The molecule has 0 saturated heterocycles. The fourth-order valence-electron chi connectivity index (χ4n) is 1.74. The van der Waals surface area contributed by atoms with Crippen LogP contribution in [-0.4, -0.2) is 9.97 Å². The van der Waals surface area contributed by atoms with Gasteiger partial charge in [-0.2, -0.15) is 0 Å². The molecule has 0 spiro atoms. The summed E-state index contributed by atoms with van der Waals surface area (Å²) in [6.45, 7) is 4.24. The van der Waals surface area contributed by atoms with Crippen LogP contribution in [0.1, 0.15) is 19.5 Å². The number of hydrogen-bond donors (Lipinski definition) is 0. The molecule has 0 N–H and O–H groups in total. The van der Waals surface area contributed by atoms with E-state index in [9.17, 15) is 4.39 Å². The Balaban J connectivity index is 2.50. The van der Waals surface area contributed by atoms with Gasteiger partial charge in [0.1, 0.15) is 11.0 Å². The molecule has 1 aromatic carbocycles. The zero-order valence-electron chi connectivity index (χ0n) is 10.6. The Bertz CT molecular complexity index is 602. The smallest absolute Gasteiger partial charge is 0.161 e. The highest BCUT2D eigenvalue weighted by molar-refractivity contribution is 14.1. The summed E-state index contributed by atoms with van der Waals surface area (Å²) in [5.41, 5.74) is 1.55. The van der Waals surface area contributed by atoms with Crippen LogP contribution in [0.3, 0.4) is 0 Å². The second-order valence-electron chi connectivity index (χ2n) is 4.71. The third-order valence-corrected chi connectivity index (χ3v) is 4.29. The van der Waals surface area contributed by atoms with Gasteiger partial charge in [0, 0.05) is 5.56 Å². The number of benzene rings is 1. The van der Waals surface area contributed by atoms with Gasteiger partial charge in [0.05, 0.1) is 9.26 Å². The van der Waals surface area contributed by atoms with E-state index in [0.29, 0.717) is 22.5 Å². The van der Waals surface area contributed by atoms with E-state index in [-0.39, 0.29) is 5.82 Å². The molecule has 0 aliphatic rings. The van der Waals surface area contributed by atoms with E-state index in [1.807, 2.05) is 0 Å². The Kier molecular flexibility index (Phi) is 4.73. The average molecular weight is 391 g/mol. The normalized spacial score (nSPS) is 11.1. The summed E-state index contributed by atoms with van der Waals surface area (Å²) in [4.78, 5) is 8.75. The molecule has 1 aromatic heterocycles. The summed E-state index contributed by atoms with van der Waals surface area (Å²) in [5.74, 6) is 0.640. The zero-order valence-corrected chi connectivity index (χ0v) is 13.5. The fraction of sp³-hybridized carbons (Fsp3) is 0.286. The van der Waals surface area contributed by atoms with Gasteiger partial charge >= 0.3 is 0 Å². The summed E-state index contributed by atoms with van der Waals surface area (Å²) in [6, 6.07) is 6.23. The molecule has 0 radical (unpaired) electrons. The molecule has 0 amide bonds. The molecule has 1 heterocycles. The first-order valence-electron chi connectivity index (χ1n) is 5.95. The van der Waals surface area contributed by atoms with Gasteiger partial charge in [0.2, 0.25) is 0 Å². The maximum atomic E-state index is 13.3. The van der Waals surface area contributed by atoms with Crippen LogP contribution >= 0.6 is 34.2 Å². The summed E-state index contributed by atoms with van der Waals surface area (Å²) in [5, 5.41) is 0.422. The van der Waals surface area contributed by atoms with E-state index in [1.165, 1.54) is 12.1 Å². The molecule has 0 saturated carbocycles. The summed E-state index contributed by atoms with van der Waals surface area (Å²) < 4.78 is 14.1.